The number of carboxylic acids is 1. The standard InChI is InChI=1S/C16H20N2O3/c1-9-2-4-10(5-3-9)14(17)15(19)18-11-6-7-13(18)12(8-11)16(20)21/h2-5,11-14H,6-8,17H2,1H3,(H,20,21). The Morgan fingerprint density at radius 3 is 2.52 bits per heavy atom. The molecule has 3 N–H and O–H groups in total. The van der Waals surface area contributed by atoms with E-state index in [4.69, 9.17) is 5.73 Å². The van der Waals surface area contributed by atoms with E-state index in [1.54, 1.807) is 4.90 Å². The van der Waals surface area contributed by atoms with Gasteiger partial charge in [-0.25, -0.2) is 0 Å². The molecule has 1 amide bonds. The van der Waals surface area contributed by atoms with Crippen molar-refractivity contribution in [3.8, 4) is 0 Å². The number of hydrogen-bond acceptors (Lipinski definition) is 3. The summed E-state index contributed by atoms with van der Waals surface area (Å²) in [6.07, 6.45) is 2.22. The van der Waals surface area contributed by atoms with E-state index in [2.05, 4.69) is 0 Å². The molecule has 5 nitrogen and oxygen atoms in total. The van der Waals surface area contributed by atoms with Crippen molar-refractivity contribution in [2.24, 2.45) is 11.7 Å². The molecule has 1 aromatic carbocycles. The van der Waals surface area contributed by atoms with Gasteiger partial charge in [0.1, 0.15) is 6.04 Å². The Kier molecular flexibility index (Phi) is 3.45. The van der Waals surface area contributed by atoms with Crippen LogP contribution in [0.5, 0.6) is 0 Å². The molecule has 2 bridgehead atoms. The second-order valence-corrected chi connectivity index (χ2v) is 6.11. The van der Waals surface area contributed by atoms with Crippen LogP contribution in [0.4, 0.5) is 0 Å². The summed E-state index contributed by atoms with van der Waals surface area (Å²) in [4.78, 5) is 25.7. The fraction of sp³-hybridized carbons (Fsp3) is 0.500. The fourth-order valence-electron chi connectivity index (χ4n) is 3.67. The highest BCUT2D eigenvalue weighted by molar-refractivity contribution is 5.85. The van der Waals surface area contributed by atoms with Gasteiger partial charge < -0.3 is 15.7 Å². The third kappa shape index (κ3) is 2.31. The molecule has 2 saturated heterocycles. The third-order valence-electron chi connectivity index (χ3n) is 4.81. The lowest BCUT2D eigenvalue weighted by Crippen LogP contribution is -2.43. The van der Waals surface area contributed by atoms with Gasteiger partial charge in [-0.05, 0) is 31.7 Å². The number of amides is 1. The van der Waals surface area contributed by atoms with E-state index < -0.39 is 17.9 Å². The van der Waals surface area contributed by atoms with Gasteiger partial charge in [0.05, 0.1) is 5.92 Å². The zero-order valence-corrected chi connectivity index (χ0v) is 12.0. The van der Waals surface area contributed by atoms with E-state index in [1.165, 1.54) is 0 Å². The van der Waals surface area contributed by atoms with Gasteiger partial charge in [0.2, 0.25) is 5.91 Å². The summed E-state index contributed by atoms with van der Waals surface area (Å²) in [7, 11) is 0. The summed E-state index contributed by atoms with van der Waals surface area (Å²) in [5, 5.41) is 9.25. The molecule has 112 valence electrons. The van der Waals surface area contributed by atoms with Gasteiger partial charge in [-0.15, -0.1) is 0 Å². The molecule has 4 atom stereocenters. The summed E-state index contributed by atoms with van der Waals surface area (Å²) in [6.45, 7) is 1.98. The molecule has 2 aliphatic rings. The quantitative estimate of drug-likeness (QED) is 0.882. The SMILES string of the molecule is Cc1ccc(C(N)C(=O)N2C3CCC2C(C(=O)O)C3)cc1. The van der Waals surface area contributed by atoms with Crippen molar-refractivity contribution in [1.82, 2.24) is 4.90 Å². The van der Waals surface area contributed by atoms with Gasteiger partial charge in [-0.2, -0.15) is 0 Å². The summed E-state index contributed by atoms with van der Waals surface area (Å²) in [5.74, 6) is -1.38. The molecule has 2 heterocycles. The molecule has 4 unspecified atom stereocenters. The summed E-state index contributed by atoms with van der Waals surface area (Å²) >= 11 is 0. The van der Waals surface area contributed by atoms with Gasteiger partial charge in [-0.1, -0.05) is 29.8 Å². The molecule has 2 aliphatic heterocycles. The average Bonchev–Trinajstić information content (AvgIpc) is 3.04. The lowest BCUT2D eigenvalue weighted by molar-refractivity contribution is -0.143. The number of rotatable bonds is 3. The predicted octanol–water partition coefficient (Wildman–Crippen LogP) is 1.46. The Morgan fingerprint density at radius 1 is 1.29 bits per heavy atom. The number of aryl methyl sites for hydroxylation is 1. The van der Waals surface area contributed by atoms with Crippen molar-refractivity contribution in [3.05, 3.63) is 35.4 Å². The normalized spacial score (nSPS) is 28.7. The number of carbonyl (C=O) groups excluding carboxylic acids is 1. The van der Waals surface area contributed by atoms with Gasteiger partial charge in [0, 0.05) is 12.1 Å². The van der Waals surface area contributed by atoms with Crippen LogP contribution in [0.15, 0.2) is 24.3 Å². The minimum absolute atomic E-state index is 0.0418. The van der Waals surface area contributed by atoms with Crippen molar-refractivity contribution in [1.29, 1.82) is 0 Å². The maximum atomic E-state index is 12.7. The first-order chi connectivity index (χ1) is 9.99. The molecule has 1 aromatic rings. The molecule has 3 rings (SSSR count). The largest absolute Gasteiger partial charge is 0.481 e. The maximum Gasteiger partial charge on any atom is 0.308 e. The highest BCUT2D eigenvalue weighted by atomic mass is 16.4. The van der Waals surface area contributed by atoms with E-state index in [-0.39, 0.29) is 18.0 Å². The molecular formula is C16H20N2O3. The van der Waals surface area contributed by atoms with Gasteiger partial charge in [0.25, 0.3) is 0 Å². The topological polar surface area (TPSA) is 83.6 Å². The lowest BCUT2D eigenvalue weighted by atomic mass is 9.89. The van der Waals surface area contributed by atoms with Crippen LogP contribution < -0.4 is 5.73 Å². The number of hydrogen-bond donors (Lipinski definition) is 2. The molecule has 0 spiro atoms. The Morgan fingerprint density at radius 2 is 1.95 bits per heavy atom. The average molecular weight is 288 g/mol. The van der Waals surface area contributed by atoms with Crippen LogP contribution in [0.25, 0.3) is 0 Å². The maximum absolute atomic E-state index is 12.7. The molecule has 0 aromatic heterocycles. The number of nitrogens with zero attached hydrogens (tertiary/aromatic N) is 1. The first-order valence-electron chi connectivity index (χ1n) is 7.36. The second-order valence-electron chi connectivity index (χ2n) is 6.11. The monoisotopic (exact) mass is 288 g/mol. The molecular weight excluding hydrogens is 268 g/mol. The van der Waals surface area contributed by atoms with Crippen molar-refractivity contribution >= 4 is 11.9 Å². The van der Waals surface area contributed by atoms with Crippen molar-refractivity contribution in [2.75, 3.05) is 0 Å². The molecule has 5 heteroatoms. The summed E-state index contributed by atoms with van der Waals surface area (Å²) in [6, 6.07) is 6.75. The minimum Gasteiger partial charge on any atom is -0.481 e. The second kappa shape index (κ2) is 5.15. The number of carboxylic acid groups (broad SMARTS) is 1. The fourth-order valence-corrected chi connectivity index (χ4v) is 3.67. The number of carbonyl (C=O) groups is 2. The van der Waals surface area contributed by atoms with E-state index in [0.717, 1.165) is 24.0 Å². The molecule has 2 fully saturated rings. The van der Waals surface area contributed by atoms with Gasteiger partial charge in [-0.3, -0.25) is 9.59 Å². The van der Waals surface area contributed by atoms with Crippen molar-refractivity contribution < 1.29 is 14.7 Å². The lowest BCUT2D eigenvalue weighted by Gasteiger charge is -2.26. The Bertz CT molecular complexity index is 569. The zero-order valence-electron chi connectivity index (χ0n) is 12.0. The van der Waals surface area contributed by atoms with Crippen molar-refractivity contribution in [3.63, 3.8) is 0 Å². The first-order valence-corrected chi connectivity index (χ1v) is 7.36. The van der Waals surface area contributed by atoms with E-state index >= 15 is 0 Å². The Hall–Kier alpha value is -1.88. The van der Waals surface area contributed by atoms with Crippen LogP contribution in [0.3, 0.4) is 0 Å². The molecule has 21 heavy (non-hydrogen) atoms. The number of nitrogens with two attached hydrogens (primary N) is 1. The summed E-state index contributed by atoms with van der Waals surface area (Å²) in [5.41, 5.74) is 8.00. The minimum atomic E-state index is -0.802. The highest BCUT2D eigenvalue weighted by Crippen LogP contribution is 2.42. The first kappa shape index (κ1) is 14.1. The third-order valence-corrected chi connectivity index (χ3v) is 4.81. The molecule has 0 saturated carbocycles. The van der Waals surface area contributed by atoms with Crippen LogP contribution in [-0.4, -0.2) is 34.0 Å². The van der Waals surface area contributed by atoms with E-state index in [1.807, 2.05) is 31.2 Å². The van der Waals surface area contributed by atoms with E-state index in [0.29, 0.717) is 6.42 Å². The Labute approximate surface area is 123 Å². The number of aliphatic carboxylic acids is 1. The smallest absolute Gasteiger partial charge is 0.308 e. The van der Waals surface area contributed by atoms with Crippen LogP contribution in [0, 0.1) is 12.8 Å². The highest BCUT2D eigenvalue weighted by Gasteiger charge is 2.52. The van der Waals surface area contributed by atoms with Crippen LogP contribution >= 0.6 is 0 Å². The number of benzene rings is 1. The number of fused-ring (bicyclic) bond motifs is 2. The zero-order chi connectivity index (χ0) is 15.1. The van der Waals surface area contributed by atoms with E-state index in [9.17, 15) is 14.7 Å². The molecule has 0 radical (unpaired) electrons. The van der Waals surface area contributed by atoms with Crippen LogP contribution in [-0.2, 0) is 9.59 Å². The Balaban J connectivity index is 1.79. The van der Waals surface area contributed by atoms with Crippen molar-refractivity contribution in [2.45, 2.75) is 44.3 Å². The van der Waals surface area contributed by atoms with Gasteiger partial charge in [0.15, 0.2) is 0 Å². The van der Waals surface area contributed by atoms with Crippen LogP contribution in [0.2, 0.25) is 0 Å². The predicted molar refractivity (Wildman–Crippen MR) is 77.5 cm³/mol. The van der Waals surface area contributed by atoms with Crippen LogP contribution in [0.1, 0.15) is 36.4 Å². The summed E-state index contributed by atoms with van der Waals surface area (Å²) < 4.78 is 0. The molecule has 0 aliphatic carbocycles. The van der Waals surface area contributed by atoms with Gasteiger partial charge >= 0.3 is 5.97 Å².